The van der Waals surface area contributed by atoms with Crippen molar-refractivity contribution < 1.29 is 6.48 Å². The van der Waals surface area contributed by atoms with Gasteiger partial charge >= 0.3 is 0 Å². The van der Waals surface area contributed by atoms with Crippen LogP contribution in [0, 0.1) is 0 Å². The standard InChI is InChI=1S/C20H34O/c1-17(2)9-6-10-18(3)11-7-12-19(4)13-8-14-20(5)15-16-21/h9,11,13,15,21H,6-8,10,12,14,16H2,1-5H3/b18-11+,19-13+,20-15+/i16T. The first-order chi connectivity index (χ1) is 10.3. The average molecular weight is 292 g/mol. The van der Waals surface area contributed by atoms with Gasteiger partial charge in [0.1, 0.15) is 0 Å². The van der Waals surface area contributed by atoms with Crippen LogP contribution < -0.4 is 0 Å². The molecule has 1 unspecified atom stereocenters. The van der Waals surface area contributed by atoms with Gasteiger partial charge in [-0.1, -0.05) is 46.6 Å². The quantitative estimate of drug-likeness (QED) is 0.481. The summed E-state index contributed by atoms with van der Waals surface area (Å²) in [7, 11) is 0. The lowest BCUT2D eigenvalue weighted by Crippen LogP contribution is -1.83. The minimum absolute atomic E-state index is 0.921. The molecule has 0 saturated heterocycles. The first kappa shape index (κ1) is 18.0. The highest BCUT2D eigenvalue weighted by atomic mass is 16.2. The Morgan fingerprint density at radius 1 is 0.714 bits per heavy atom. The Kier molecular flexibility index (Phi) is 10.8. The van der Waals surface area contributed by atoms with E-state index in [4.69, 9.17) is 6.48 Å². The number of aliphatic hydroxyl groups excluding tert-OH is 1. The maximum Gasteiger partial charge on any atom is 0.0614 e. The predicted octanol–water partition coefficient (Wildman–Crippen LogP) is 6.12. The second-order valence-electron chi connectivity index (χ2n) is 6.16. The zero-order valence-electron chi connectivity index (χ0n) is 15.6. The molecule has 0 spiro atoms. The molecule has 0 saturated carbocycles. The van der Waals surface area contributed by atoms with E-state index in [2.05, 4.69) is 45.9 Å². The molecule has 0 aromatic carbocycles. The fourth-order valence-corrected chi connectivity index (χ4v) is 2.10. The van der Waals surface area contributed by atoms with Crippen molar-refractivity contribution in [3.05, 3.63) is 46.6 Å². The fraction of sp³-hybridized carbons (Fsp3) is 0.600. The Bertz CT molecular complexity index is 421. The largest absolute Gasteiger partial charge is 0.392 e. The Morgan fingerprint density at radius 2 is 1.10 bits per heavy atom. The van der Waals surface area contributed by atoms with Crippen LogP contribution in [0.25, 0.3) is 0 Å². The zero-order chi connectivity index (χ0) is 17.0. The van der Waals surface area contributed by atoms with Gasteiger partial charge in [0.15, 0.2) is 0 Å². The average Bonchev–Trinajstić information content (AvgIpc) is 2.37. The zero-order valence-corrected chi connectivity index (χ0v) is 14.6. The molecule has 0 amide bonds. The van der Waals surface area contributed by atoms with Crippen LogP contribution in [0.5, 0.6) is 0 Å². The van der Waals surface area contributed by atoms with Crippen LogP contribution in [0.3, 0.4) is 0 Å². The van der Waals surface area contributed by atoms with E-state index in [1.807, 2.05) is 6.92 Å². The molecule has 0 bridgehead atoms. The number of hydrogen-bond donors (Lipinski definition) is 1. The third-order valence-corrected chi connectivity index (χ3v) is 3.51. The highest BCUT2D eigenvalue weighted by Crippen LogP contribution is 2.13. The Balaban J connectivity index is 3.99. The number of hydrogen-bond acceptors (Lipinski definition) is 1. The predicted molar refractivity (Wildman–Crippen MR) is 95.5 cm³/mol. The molecule has 0 aliphatic heterocycles. The smallest absolute Gasteiger partial charge is 0.0614 e. The molecular weight excluding hydrogens is 256 g/mol. The lowest BCUT2D eigenvalue weighted by molar-refractivity contribution is 0.341. The van der Waals surface area contributed by atoms with Crippen molar-refractivity contribution >= 4 is 0 Å². The van der Waals surface area contributed by atoms with Crippen LogP contribution in [-0.4, -0.2) is 11.7 Å². The molecule has 0 aromatic heterocycles. The molecule has 0 aromatic rings. The summed E-state index contributed by atoms with van der Waals surface area (Å²) in [4.78, 5) is 0. The van der Waals surface area contributed by atoms with Gasteiger partial charge in [0.25, 0.3) is 0 Å². The van der Waals surface area contributed by atoms with Crippen molar-refractivity contribution in [1.82, 2.24) is 0 Å². The topological polar surface area (TPSA) is 20.2 Å². The Labute approximate surface area is 133 Å². The first-order valence-electron chi connectivity index (χ1n) is 8.61. The van der Waals surface area contributed by atoms with Crippen LogP contribution in [0.4, 0.5) is 0 Å². The fourth-order valence-electron chi connectivity index (χ4n) is 2.10. The molecule has 0 rings (SSSR count). The summed E-state index contributed by atoms with van der Waals surface area (Å²) in [5.74, 6) is 0. The number of allylic oxidation sites excluding steroid dienone is 7. The van der Waals surface area contributed by atoms with Gasteiger partial charge in [-0.15, -0.1) is 0 Å². The highest BCUT2D eigenvalue weighted by Gasteiger charge is 1.93. The summed E-state index contributed by atoms with van der Waals surface area (Å²) in [5, 5.41) is 8.96. The van der Waals surface area contributed by atoms with Crippen molar-refractivity contribution in [2.24, 2.45) is 0 Å². The first-order valence-corrected chi connectivity index (χ1v) is 8.03. The second-order valence-corrected chi connectivity index (χ2v) is 6.16. The lowest BCUT2D eigenvalue weighted by Gasteiger charge is -2.02. The van der Waals surface area contributed by atoms with Crippen LogP contribution >= 0.6 is 0 Å². The summed E-state index contributed by atoms with van der Waals surface area (Å²) in [6, 6.07) is 0. The van der Waals surface area contributed by atoms with Crippen LogP contribution in [0.1, 0.15) is 74.5 Å². The molecule has 1 atom stereocenters. The van der Waals surface area contributed by atoms with Gasteiger partial charge in [0.2, 0.25) is 0 Å². The monoisotopic (exact) mass is 292 g/mol. The second kappa shape index (κ2) is 12.6. The molecule has 0 aliphatic carbocycles. The molecule has 0 aliphatic rings. The van der Waals surface area contributed by atoms with Crippen molar-refractivity contribution in [2.45, 2.75) is 73.1 Å². The molecule has 21 heavy (non-hydrogen) atoms. The number of rotatable bonds is 10. The lowest BCUT2D eigenvalue weighted by atomic mass is 10.0. The number of aliphatic hydroxyl groups is 1. The van der Waals surface area contributed by atoms with Gasteiger partial charge in [-0.2, -0.15) is 0 Å². The van der Waals surface area contributed by atoms with Gasteiger partial charge in [0.05, 0.1) is 7.95 Å². The molecular formula is C20H34O. The van der Waals surface area contributed by atoms with E-state index in [1.165, 1.54) is 16.7 Å². The van der Waals surface area contributed by atoms with E-state index in [1.54, 1.807) is 6.08 Å². The van der Waals surface area contributed by atoms with Crippen molar-refractivity contribution in [2.75, 3.05) is 6.58 Å². The van der Waals surface area contributed by atoms with E-state index in [9.17, 15) is 0 Å². The molecule has 1 heteroatoms. The molecule has 120 valence electrons. The SMILES string of the molecule is [3H]C(O)/C=C(\C)CC/C=C(\C)CC/C=C(\C)CCC=C(C)C. The third kappa shape index (κ3) is 13.7. The maximum atomic E-state index is 8.96. The maximum absolute atomic E-state index is 8.96. The summed E-state index contributed by atoms with van der Waals surface area (Å²) in [6.07, 6.45) is 15.0. The normalized spacial score (nSPS) is 15.7. The van der Waals surface area contributed by atoms with Crippen LogP contribution in [-0.2, 0) is 0 Å². The summed E-state index contributed by atoms with van der Waals surface area (Å²) >= 11 is 0. The van der Waals surface area contributed by atoms with Gasteiger partial charge in [-0.05, 0) is 73.1 Å². The van der Waals surface area contributed by atoms with E-state index in [0.717, 1.165) is 44.1 Å². The van der Waals surface area contributed by atoms with E-state index >= 15 is 0 Å². The van der Waals surface area contributed by atoms with Gasteiger partial charge in [-0.3, -0.25) is 0 Å². The van der Waals surface area contributed by atoms with Crippen LogP contribution in [0.2, 0.25) is 0 Å². The van der Waals surface area contributed by atoms with Gasteiger partial charge in [-0.25, -0.2) is 0 Å². The van der Waals surface area contributed by atoms with Crippen molar-refractivity contribution in [3.63, 3.8) is 0 Å². The van der Waals surface area contributed by atoms with E-state index in [-0.39, 0.29) is 0 Å². The van der Waals surface area contributed by atoms with Gasteiger partial charge < -0.3 is 5.11 Å². The Hall–Kier alpha value is -1.08. The van der Waals surface area contributed by atoms with E-state index < -0.39 is 6.58 Å². The van der Waals surface area contributed by atoms with Crippen molar-refractivity contribution in [3.8, 4) is 0 Å². The van der Waals surface area contributed by atoms with Crippen LogP contribution in [0.15, 0.2) is 46.6 Å². The van der Waals surface area contributed by atoms with E-state index in [0.29, 0.717) is 0 Å². The third-order valence-electron chi connectivity index (χ3n) is 3.51. The summed E-state index contributed by atoms with van der Waals surface area (Å²) in [5.41, 5.74) is 5.39. The minimum Gasteiger partial charge on any atom is -0.392 e. The summed E-state index contributed by atoms with van der Waals surface area (Å²) < 4.78 is 7.08. The minimum atomic E-state index is -1.08. The Morgan fingerprint density at radius 3 is 1.48 bits per heavy atom. The highest BCUT2D eigenvalue weighted by molar-refractivity contribution is 5.07. The molecule has 0 fully saturated rings. The molecule has 1 N–H and O–H groups in total. The summed E-state index contributed by atoms with van der Waals surface area (Å²) in [6.45, 7) is 9.59. The molecule has 0 heterocycles. The van der Waals surface area contributed by atoms with Crippen molar-refractivity contribution in [1.29, 1.82) is 0 Å². The van der Waals surface area contributed by atoms with Gasteiger partial charge in [0, 0.05) is 0 Å². The molecule has 0 radical (unpaired) electrons. The molecule has 1 nitrogen and oxygen atoms in total.